The lowest BCUT2D eigenvalue weighted by molar-refractivity contribution is -0.186. The lowest BCUT2D eigenvalue weighted by atomic mass is 9.36. The van der Waals surface area contributed by atoms with Gasteiger partial charge in [0.15, 0.2) is 0 Å². The third-order valence-corrected chi connectivity index (χ3v) is 6.29. The third kappa shape index (κ3) is 1.47. The summed E-state index contributed by atoms with van der Waals surface area (Å²) in [5, 5.41) is 0. The summed E-state index contributed by atoms with van der Waals surface area (Å²) >= 11 is 0. The van der Waals surface area contributed by atoms with Gasteiger partial charge in [0.1, 0.15) is 6.29 Å². The first kappa shape index (κ1) is 11.7. The van der Waals surface area contributed by atoms with E-state index >= 15 is 0 Å². The van der Waals surface area contributed by atoms with Gasteiger partial charge in [0.2, 0.25) is 0 Å². The second kappa shape index (κ2) is 2.97. The Balaban J connectivity index is 2.06. The van der Waals surface area contributed by atoms with Crippen LogP contribution in [0.3, 0.4) is 0 Å². The van der Waals surface area contributed by atoms with Crippen LogP contribution in [0.4, 0.5) is 0 Å². The molecule has 4 aliphatic carbocycles. The first-order chi connectivity index (χ1) is 7.72. The summed E-state index contributed by atoms with van der Waals surface area (Å²) in [7, 11) is 0. The number of carbonyl (C=O) groups is 1. The van der Waals surface area contributed by atoms with Crippen molar-refractivity contribution in [3.63, 3.8) is 0 Å². The van der Waals surface area contributed by atoms with E-state index in [1.54, 1.807) is 0 Å². The van der Waals surface area contributed by atoms with Crippen LogP contribution in [0.2, 0.25) is 0 Å². The summed E-state index contributed by atoms with van der Waals surface area (Å²) in [6.45, 7) is 9.32. The van der Waals surface area contributed by atoms with Crippen molar-refractivity contribution in [3.05, 3.63) is 0 Å². The van der Waals surface area contributed by atoms with Gasteiger partial charge in [-0.25, -0.2) is 0 Å². The van der Waals surface area contributed by atoms with E-state index in [1.165, 1.54) is 44.8 Å². The van der Waals surface area contributed by atoms with Gasteiger partial charge < -0.3 is 4.79 Å². The minimum atomic E-state index is -0.130. The molecule has 4 saturated carbocycles. The van der Waals surface area contributed by atoms with E-state index in [0.717, 1.165) is 5.92 Å². The lowest BCUT2D eigenvalue weighted by Gasteiger charge is -2.68. The maximum absolute atomic E-state index is 11.6. The number of rotatable bonds is 2. The maximum Gasteiger partial charge on any atom is 0.126 e. The quantitative estimate of drug-likeness (QED) is 0.654. The normalized spacial score (nSPS) is 52.8. The molecule has 0 aromatic carbocycles. The molecular weight excluding hydrogens is 208 g/mol. The summed E-state index contributed by atoms with van der Waals surface area (Å²) < 4.78 is 0. The molecule has 17 heavy (non-hydrogen) atoms. The zero-order chi connectivity index (χ0) is 12.5. The fourth-order valence-corrected chi connectivity index (χ4v) is 6.29. The topological polar surface area (TPSA) is 17.1 Å². The van der Waals surface area contributed by atoms with E-state index in [9.17, 15) is 4.79 Å². The minimum absolute atomic E-state index is 0.130. The molecule has 2 atom stereocenters. The van der Waals surface area contributed by atoms with E-state index in [1.807, 2.05) is 0 Å². The molecule has 0 N–H and O–H groups in total. The molecule has 4 bridgehead atoms. The highest BCUT2D eigenvalue weighted by molar-refractivity contribution is 5.60. The number of carbonyl (C=O) groups excluding carboxylic acids is 1. The van der Waals surface area contributed by atoms with Crippen molar-refractivity contribution in [3.8, 4) is 0 Å². The maximum atomic E-state index is 11.6. The molecule has 0 amide bonds. The third-order valence-electron chi connectivity index (χ3n) is 6.29. The van der Waals surface area contributed by atoms with Crippen molar-refractivity contribution < 1.29 is 4.79 Å². The predicted octanol–water partition coefficient (Wildman–Crippen LogP) is 4.21. The second-order valence-electron chi connectivity index (χ2n) is 8.75. The van der Waals surface area contributed by atoms with Gasteiger partial charge in [-0.15, -0.1) is 0 Å². The van der Waals surface area contributed by atoms with E-state index in [0.29, 0.717) is 16.2 Å². The largest absolute Gasteiger partial charge is 0.303 e. The van der Waals surface area contributed by atoms with Crippen LogP contribution in [-0.2, 0) is 4.79 Å². The Labute approximate surface area is 105 Å². The van der Waals surface area contributed by atoms with Gasteiger partial charge in [-0.3, -0.25) is 0 Å². The number of hydrogen-bond acceptors (Lipinski definition) is 1. The molecule has 0 saturated heterocycles. The summed E-state index contributed by atoms with van der Waals surface area (Å²) in [6, 6.07) is 0. The molecular formula is C16H26O. The average Bonchev–Trinajstić information content (AvgIpc) is 2.11. The number of aldehydes is 1. The molecule has 1 nitrogen and oxygen atoms in total. The molecule has 4 fully saturated rings. The molecule has 0 aromatic heterocycles. The van der Waals surface area contributed by atoms with Gasteiger partial charge in [0.05, 0.1) is 0 Å². The van der Waals surface area contributed by atoms with Gasteiger partial charge in [0.25, 0.3) is 0 Å². The molecule has 0 radical (unpaired) electrons. The van der Waals surface area contributed by atoms with E-state index in [-0.39, 0.29) is 5.41 Å². The molecule has 0 heterocycles. The van der Waals surface area contributed by atoms with Gasteiger partial charge >= 0.3 is 0 Å². The standard InChI is InChI=1S/C16H26O/c1-13(2,11-17)16-7-12-5-14(3,9-16)8-15(4,6-12)10-16/h11-12H,5-10H2,1-4H3. The van der Waals surface area contributed by atoms with Crippen LogP contribution in [0.15, 0.2) is 0 Å². The Morgan fingerprint density at radius 3 is 1.94 bits per heavy atom. The summed E-state index contributed by atoms with van der Waals surface area (Å²) in [5.74, 6) is 0.889. The molecule has 0 spiro atoms. The van der Waals surface area contributed by atoms with Gasteiger partial charge in [-0.2, -0.15) is 0 Å². The van der Waals surface area contributed by atoms with Gasteiger partial charge in [-0.05, 0) is 60.7 Å². The first-order valence-corrected chi connectivity index (χ1v) is 7.18. The molecule has 0 aromatic rings. The first-order valence-electron chi connectivity index (χ1n) is 7.18. The molecule has 4 aliphatic rings. The summed E-state index contributed by atoms with van der Waals surface area (Å²) in [5.41, 5.74) is 1.22. The van der Waals surface area contributed by atoms with Gasteiger partial charge in [-0.1, -0.05) is 27.7 Å². The predicted molar refractivity (Wildman–Crippen MR) is 69.7 cm³/mol. The second-order valence-corrected chi connectivity index (χ2v) is 8.75. The Morgan fingerprint density at radius 2 is 1.53 bits per heavy atom. The zero-order valence-corrected chi connectivity index (χ0v) is 11.8. The highest BCUT2D eigenvalue weighted by atomic mass is 16.1. The Hall–Kier alpha value is -0.330. The fourth-order valence-electron chi connectivity index (χ4n) is 6.29. The van der Waals surface area contributed by atoms with Crippen molar-refractivity contribution >= 4 is 6.29 Å². The Morgan fingerprint density at radius 1 is 1.00 bits per heavy atom. The molecule has 4 rings (SSSR count). The van der Waals surface area contributed by atoms with Crippen LogP contribution in [0.25, 0.3) is 0 Å². The number of hydrogen-bond donors (Lipinski definition) is 0. The highest BCUT2D eigenvalue weighted by Gasteiger charge is 2.64. The van der Waals surface area contributed by atoms with Crippen molar-refractivity contribution in [2.24, 2.45) is 27.6 Å². The SMILES string of the molecule is CC12CC3CC(C)(C1)CC(C(C)(C)C=O)(C3)C2. The van der Waals surface area contributed by atoms with E-state index in [2.05, 4.69) is 27.7 Å². The zero-order valence-electron chi connectivity index (χ0n) is 11.8. The minimum Gasteiger partial charge on any atom is -0.303 e. The summed E-state index contributed by atoms with van der Waals surface area (Å²) in [6.07, 6.45) is 9.36. The van der Waals surface area contributed by atoms with Crippen LogP contribution in [0.5, 0.6) is 0 Å². The molecule has 0 aliphatic heterocycles. The van der Waals surface area contributed by atoms with Crippen molar-refractivity contribution in [1.82, 2.24) is 0 Å². The fraction of sp³-hybridized carbons (Fsp3) is 0.938. The van der Waals surface area contributed by atoms with Crippen molar-refractivity contribution in [2.75, 3.05) is 0 Å². The van der Waals surface area contributed by atoms with Crippen LogP contribution in [0, 0.1) is 27.6 Å². The van der Waals surface area contributed by atoms with Crippen molar-refractivity contribution in [1.29, 1.82) is 0 Å². The van der Waals surface area contributed by atoms with Gasteiger partial charge in [0, 0.05) is 5.41 Å². The van der Waals surface area contributed by atoms with Crippen molar-refractivity contribution in [2.45, 2.75) is 66.2 Å². The van der Waals surface area contributed by atoms with E-state index in [4.69, 9.17) is 0 Å². The highest BCUT2D eigenvalue weighted by Crippen LogP contribution is 2.73. The van der Waals surface area contributed by atoms with E-state index < -0.39 is 0 Å². The molecule has 2 unspecified atom stereocenters. The lowest BCUT2D eigenvalue weighted by Crippen LogP contribution is -2.59. The van der Waals surface area contributed by atoms with Crippen LogP contribution < -0.4 is 0 Å². The molecule has 1 heteroatoms. The Kier molecular flexibility index (Phi) is 2.05. The summed E-state index contributed by atoms with van der Waals surface area (Å²) in [4.78, 5) is 11.6. The Bertz CT molecular complexity index is 350. The monoisotopic (exact) mass is 234 g/mol. The van der Waals surface area contributed by atoms with Crippen LogP contribution in [0.1, 0.15) is 66.2 Å². The van der Waals surface area contributed by atoms with Crippen LogP contribution in [-0.4, -0.2) is 6.29 Å². The molecule has 96 valence electrons. The smallest absolute Gasteiger partial charge is 0.126 e. The van der Waals surface area contributed by atoms with Crippen LogP contribution >= 0.6 is 0 Å². The average molecular weight is 234 g/mol.